The van der Waals surface area contributed by atoms with E-state index in [2.05, 4.69) is 4.98 Å². The van der Waals surface area contributed by atoms with Crippen LogP contribution in [-0.4, -0.2) is 9.91 Å². The van der Waals surface area contributed by atoms with Crippen molar-refractivity contribution in [1.82, 2.24) is 4.98 Å². The number of nitrogens with zero attached hydrogens (tertiary/aromatic N) is 2. The zero-order valence-corrected chi connectivity index (χ0v) is 8.13. The van der Waals surface area contributed by atoms with Gasteiger partial charge < -0.3 is 0 Å². The van der Waals surface area contributed by atoms with Gasteiger partial charge in [-0.25, -0.2) is 0 Å². The van der Waals surface area contributed by atoms with Crippen LogP contribution in [0.25, 0.3) is 11.1 Å². The van der Waals surface area contributed by atoms with Gasteiger partial charge in [0.25, 0.3) is 0 Å². The third-order valence-electron chi connectivity index (χ3n) is 2.17. The maximum atomic E-state index is 13.7. The number of halogens is 1. The highest BCUT2D eigenvalue weighted by Gasteiger charge is 2.17. The molecule has 16 heavy (non-hydrogen) atoms. The van der Waals surface area contributed by atoms with Crippen molar-refractivity contribution in [3.63, 3.8) is 0 Å². The van der Waals surface area contributed by atoms with Gasteiger partial charge in [-0.05, 0) is 17.7 Å². The van der Waals surface area contributed by atoms with Crippen LogP contribution in [0.3, 0.4) is 0 Å². The second-order valence-electron chi connectivity index (χ2n) is 3.13. The first-order chi connectivity index (χ1) is 7.70. The van der Waals surface area contributed by atoms with E-state index >= 15 is 0 Å². The molecule has 0 fully saturated rings. The number of pyridine rings is 1. The normalized spacial score (nSPS) is 10.1. The Bertz CT molecular complexity index is 529. The van der Waals surface area contributed by atoms with E-state index in [1.54, 1.807) is 12.1 Å². The molecule has 2 rings (SSSR count). The predicted octanol–water partition coefficient (Wildman–Crippen LogP) is 2.80. The number of rotatable bonds is 2. The molecule has 0 N–H and O–H groups in total. The van der Waals surface area contributed by atoms with E-state index in [4.69, 9.17) is 0 Å². The Morgan fingerprint density at radius 1 is 1.19 bits per heavy atom. The predicted molar refractivity (Wildman–Crippen MR) is 56.3 cm³/mol. The van der Waals surface area contributed by atoms with Gasteiger partial charge in [-0.2, -0.15) is 4.39 Å². The topological polar surface area (TPSA) is 56.0 Å². The molecule has 2 aromatic rings. The largest absolute Gasteiger partial charge is 0.305 e. The van der Waals surface area contributed by atoms with Crippen molar-refractivity contribution >= 4 is 5.69 Å². The number of aromatic nitrogens is 1. The molecule has 0 aliphatic carbocycles. The summed E-state index contributed by atoms with van der Waals surface area (Å²) in [5, 5.41) is 10.6. The van der Waals surface area contributed by atoms with E-state index in [9.17, 15) is 14.5 Å². The Morgan fingerprint density at radius 2 is 1.88 bits per heavy atom. The molecular weight excluding hydrogens is 211 g/mol. The van der Waals surface area contributed by atoms with Crippen LogP contribution < -0.4 is 0 Å². The first-order valence-corrected chi connectivity index (χ1v) is 4.53. The van der Waals surface area contributed by atoms with E-state index in [1.807, 2.05) is 0 Å². The Labute approximate surface area is 90.5 Å². The van der Waals surface area contributed by atoms with E-state index < -0.39 is 16.4 Å². The van der Waals surface area contributed by atoms with Crippen LogP contribution in [0, 0.1) is 15.9 Å². The molecule has 0 saturated carbocycles. The van der Waals surface area contributed by atoms with Gasteiger partial charge in [0, 0.05) is 24.0 Å². The minimum absolute atomic E-state index is 0.205. The van der Waals surface area contributed by atoms with E-state index in [1.165, 1.54) is 24.5 Å². The fourth-order valence-electron chi connectivity index (χ4n) is 1.42. The first-order valence-electron chi connectivity index (χ1n) is 4.53. The molecule has 0 aliphatic rings. The molecule has 0 atom stereocenters. The number of nitro groups is 1. The Hall–Kier alpha value is -2.30. The Kier molecular flexibility index (Phi) is 2.59. The van der Waals surface area contributed by atoms with Crippen LogP contribution >= 0.6 is 0 Å². The van der Waals surface area contributed by atoms with Crippen LogP contribution in [-0.2, 0) is 0 Å². The van der Waals surface area contributed by atoms with Crippen LogP contribution in [0.15, 0.2) is 42.7 Å². The van der Waals surface area contributed by atoms with E-state index in [-0.39, 0.29) is 5.56 Å². The monoisotopic (exact) mass is 218 g/mol. The van der Waals surface area contributed by atoms with Crippen molar-refractivity contribution in [3.8, 4) is 11.1 Å². The lowest BCUT2D eigenvalue weighted by molar-refractivity contribution is -0.387. The fraction of sp³-hybridized carbons (Fsp3) is 0. The zero-order chi connectivity index (χ0) is 11.5. The van der Waals surface area contributed by atoms with Crippen LogP contribution in [0.5, 0.6) is 0 Å². The summed E-state index contributed by atoms with van der Waals surface area (Å²) in [5.41, 5.74) is 0.252. The van der Waals surface area contributed by atoms with Crippen LogP contribution in [0.1, 0.15) is 0 Å². The van der Waals surface area contributed by atoms with Crippen molar-refractivity contribution in [3.05, 3.63) is 58.7 Å². The molecule has 0 bridgehead atoms. The Balaban J connectivity index is 2.59. The highest BCUT2D eigenvalue weighted by Crippen LogP contribution is 2.28. The third-order valence-corrected chi connectivity index (χ3v) is 2.17. The lowest BCUT2D eigenvalue weighted by Crippen LogP contribution is -1.94. The average Bonchev–Trinajstić information content (AvgIpc) is 2.30. The smallest absolute Gasteiger partial charge is 0.265 e. The van der Waals surface area contributed by atoms with E-state index in [0.29, 0.717) is 5.56 Å². The molecule has 0 saturated heterocycles. The van der Waals surface area contributed by atoms with Gasteiger partial charge in [-0.1, -0.05) is 12.1 Å². The Morgan fingerprint density at radius 3 is 2.50 bits per heavy atom. The zero-order valence-electron chi connectivity index (χ0n) is 8.13. The SMILES string of the molecule is O=[N+]([O-])c1cccc(-c2ccncc2)c1F. The lowest BCUT2D eigenvalue weighted by atomic mass is 10.1. The van der Waals surface area contributed by atoms with Crippen molar-refractivity contribution < 1.29 is 9.31 Å². The first kappa shape index (κ1) is 10.2. The highest BCUT2D eigenvalue weighted by atomic mass is 19.1. The van der Waals surface area contributed by atoms with Crippen molar-refractivity contribution in [2.24, 2.45) is 0 Å². The van der Waals surface area contributed by atoms with Gasteiger partial charge in [-0.3, -0.25) is 15.1 Å². The number of benzene rings is 1. The molecule has 80 valence electrons. The number of hydrogen-bond donors (Lipinski definition) is 0. The second-order valence-corrected chi connectivity index (χ2v) is 3.13. The standard InChI is InChI=1S/C11H7FN2O2/c12-11-9(8-4-6-13-7-5-8)2-1-3-10(11)14(15)16/h1-7H. The minimum atomic E-state index is -0.821. The van der Waals surface area contributed by atoms with Crippen molar-refractivity contribution in [2.75, 3.05) is 0 Å². The van der Waals surface area contributed by atoms with Gasteiger partial charge in [0.05, 0.1) is 4.92 Å². The van der Waals surface area contributed by atoms with Crippen LogP contribution in [0.2, 0.25) is 0 Å². The fourth-order valence-corrected chi connectivity index (χ4v) is 1.42. The summed E-state index contributed by atoms with van der Waals surface area (Å²) in [7, 11) is 0. The van der Waals surface area contributed by atoms with Crippen molar-refractivity contribution in [1.29, 1.82) is 0 Å². The summed E-state index contributed by atoms with van der Waals surface area (Å²) in [6, 6.07) is 7.29. The molecule has 1 aromatic carbocycles. The highest BCUT2D eigenvalue weighted by molar-refractivity contribution is 5.66. The molecule has 1 heterocycles. The maximum Gasteiger partial charge on any atom is 0.305 e. The number of hydrogen-bond acceptors (Lipinski definition) is 3. The lowest BCUT2D eigenvalue weighted by Gasteiger charge is -2.02. The van der Waals surface area contributed by atoms with Gasteiger partial charge in [-0.15, -0.1) is 0 Å². The van der Waals surface area contributed by atoms with Gasteiger partial charge in [0.1, 0.15) is 0 Å². The molecule has 4 nitrogen and oxygen atoms in total. The summed E-state index contributed by atoms with van der Waals surface area (Å²) < 4.78 is 13.7. The van der Waals surface area contributed by atoms with Gasteiger partial charge in [0.15, 0.2) is 0 Å². The van der Waals surface area contributed by atoms with E-state index in [0.717, 1.165) is 6.07 Å². The quantitative estimate of drug-likeness (QED) is 0.575. The maximum absolute atomic E-state index is 13.7. The summed E-state index contributed by atoms with van der Waals surface area (Å²) in [6.07, 6.45) is 3.02. The summed E-state index contributed by atoms with van der Waals surface area (Å²) in [5.74, 6) is -0.821. The molecule has 0 unspecified atom stereocenters. The third kappa shape index (κ3) is 1.75. The summed E-state index contributed by atoms with van der Waals surface area (Å²) in [6.45, 7) is 0. The molecule has 5 heteroatoms. The second kappa shape index (κ2) is 4.06. The molecular formula is C11H7FN2O2. The number of nitro benzene ring substituents is 1. The molecule has 0 radical (unpaired) electrons. The van der Waals surface area contributed by atoms with Crippen LogP contribution in [0.4, 0.5) is 10.1 Å². The van der Waals surface area contributed by atoms with Gasteiger partial charge in [0.2, 0.25) is 5.82 Å². The minimum Gasteiger partial charge on any atom is -0.265 e. The average molecular weight is 218 g/mol. The summed E-state index contributed by atoms with van der Waals surface area (Å²) in [4.78, 5) is 13.6. The van der Waals surface area contributed by atoms with Crippen molar-refractivity contribution in [2.45, 2.75) is 0 Å². The van der Waals surface area contributed by atoms with Gasteiger partial charge >= 0.3 is 5.69 Å². The molecule has 0 amide bonds. The molecule has 0 spiro atoms. The molecule has 1 aromatic heterocycles. The molecule has 0 aliphatic heterocycles. The summed E-state index contributed by atoms with van der Waals surface area (Å²) >= 11 is 0.